The van der Waals surface area contributed by atoms with E-state index in [4.69, 9.17) is 9.47 Å². The summed E-state index contributed by atoms with van der Waals surface area (Å²) in [4.78, 5) is 16.3. The van der Waals surface area contributed by atoms with E-state index in [0.29, 0.717) is 31.5 Å². The molecule has 5 nitrogen and oxygen atoms in total. The highest BCUT2D eigenvalue weighted by molar-refractivity contribution is 5.76. The fourth-order valence-corrected chi connectivity index (χ4v) is 3.52. The molecule has 0 aromatic heterocycles. The molecule has 2 aliphatic heterocycles. The molecule has 1 aromatic carbocycles. The molecule has 2 aliphatic rings. The molecular weight excluding hydrogens is 299 g/mol. The normalized spacial score (nSPS) is 23.5. The Hall–Kier alpha value is -1.66. The van der Waals surface area contributed by atoms with Crippen molar-refractivity contribution in [3.05, 3.63) is 29.6 Å². The summed E-state index contributed by atoms with van der Waals surface area (Å²) in [6.45, 7) is 3.75. The number of amides is 1. The number of hydrogen-bond acceptors (Lipinski definition) is 4. The molecule has 0 radical (unpaired) electrons. The zero-order valence-corrected chi connectivity index (χ0v) is 13.6. The molecule has 0 N–H and O–H groups in total. The Morgan fingerprint density at radius 3 is 2.83 bits per heavy atom. The highest BCUT2D eigenvalue weighted by Crippen LogP contribution is 2.34. The lowest BCUT2D eigenvalue weighted by atomic mass is 9.91. The van der Waals surface area contributed by atoms with E-state index in [-0.39, 0.29) is 17.5 Å². The third-order valence-electron chi connectivity index (χ3n) is 4.82. The van der Waals surface area contributed by atoms with Crippen LogP contribution in [0.25, 0.3) is 0 Å². The summed E-state index contributed by atoms with van der Waals surface area (Å²) in [5.41, 5.74) is 0.936. The first-order chi connectivity index (χ1) is 11.1. The van der Waals surface area contributed by atoms with Crippen molar-refractivity contribution in [1.29, 1.82) is 0 Å². The van der Waals surface area contributed by atoms with Gasteiger partial charge in [-0.05, 0) is 17.7 Å². The molecule has 0 spiro atoms. The highest BCUT2D eigenvalue weighted by atomic mass is 19.1. The largest absolute Gasteiger partial charge is 0.494 e. The number of likely N-dealkylation sites (tertiary alicyclic amines) is 2. The second-order valence-electron chi connectivity index (χ2n) is 6.27. The van der Waals surface area contributed by atoms with Crippen LogP contribution in [0.5, 0.6) is 5.75 Å². The Kier molecular flexibility index (Phi) is 4.82. The fourth-order valence-electron chi connectivity index (χ4n) is 3.52. The number of halogens is 1. The molecule has 2 saturated heterocycles. The molecule has 126 valence electrons. The molecule has 0 saturated carbocycles. The molecule has 0 unspecified atom stereocenters. The Balaban J connectivity index is 1.55. The Morgan fingerprint density at radius 2 is 2.13 bits per heavy atom. The zero-order chi connectivity index (χ0) is 16.4. The second-order valence-corrected chi connectivity index (χ2v) is 6.27. The summed E-state index contributed by atoms with van der Waals surface area (Å²) in [5.74, 6) is 0.650. The van der Waals surface area contributed by atoms with Crippen molar-refractivity contribution in [3.63, 3.8) is 0 Å². The summed E-state index contributed by atoms with van der Waals surface area (Å²) in [6, 6.07) is 5.48. The number of methoxy groups -OCH3 is 2. The lowest BCUT2D eigenvalue weighted by Gasteiger charge is -2.43. The number of ether oxygens (including phenoxy) is 2. The quantitative estimate of drug-likeness (QED) is 0.796. The molecule has 2 atom stereocenters. The molecule has 1 aromatic rings. The van der Waals surface area contributed by atoms with Gasteiger partial charge < -0.3 is 14.4 Å². The van der Waals surface area contributed by atoms with E-state index in [1.165, 1.54) is 13.2 Å². The van der Waals surface area contributed by atoms with Crippen LogP contribution in [0, 0.1) is 11.7 Å². The summed E-state index contributed by atoms with van der Waals surface area (Å²) in [7, 11) is 3.07. The molecule has 3 rings (SSSR count). The second kappa shape index (κ2) is 6.84. The first-order valence-corrected chi connectivity index (χ1v) is 7.95. The van der Waals surface area contributed by atoms with Crippen molar-refractivity contribution in [2.75, 3.05) is 40.5 Å². The fraction of sp³-hybridized carbons (Fsp3) is 0.588. The molecular formula is C17H23FN2O3. The monoisotopic (exact) mass is 322 g/mol. The van der Waals surface area contributed by atoms with Gasteiger partial charge in [0.1, 0.15) is 0 Å². The molecule has 6 heteroatoms. The number of carbonyl (C=O) groups excluding carboxylic acids is 1. The van der Waals surface area contributed by atoms with Crippen LogP contribution in [0.4, 0.5) is 4.39 Å². The molecule has 2 fully saturated rings. The van der Waals surface area contributed by atoms with Gasteiger partial charge in [0.05, 0.1) is 20.1 Å². The van der Waals surface area contributed by atoms with Gasteiger partial charge >= 0.3 is 0 Å². The standard InChI is InChI=1S/C17H23FN2O3/c1-22-6-5-17(21)20-10-13-9-19(15(13)11-20)8-12-3-4-16(23-2)14(18)7-12/h3-4,7,13,15H,5-6,8-11H2,1-2H3/t13-,15+/m0/s1. The van der Waals surface area contributed by atoms with Crippen LogP contribution in [0.2, 0.25) is 0 Å². The summed E-state index contributed by atoms with van der Waals surface area (Å²) in [6.07, 6.45) is 0.444. The van der Waals surface area contributed by atoms with Crippen LogP contribution in [0.3, 0.4) is 0 Å². The number of nitrogens with zero attached hydrogens (tertiary/aromatic N) is 2. The highest BCUT2D eigenvalue weighted by Gasteiger charge is 2.46. The van der Waals surface area contributed by atoms with Gasteiger partial charge in [0.25, 0.3) is 0 Å². The predicted octanol–water partition coefficient (Wildman–Crippen LogP) is 1.51. The third kappa shape index (κ3) is 3.33. The van der Waals surface area contributed by atoms with Gasteiger partial charge in [-0.15, -0.1) is 0 Å². The Bertz CT molecular complexity index is 581. The van der Waals surface area contributed by atoms with E-state index < -0.39 is 0 Å². The lowest BCUT2D eigenvalue weighted by Crippen LogP contribution is -2.54. The van der Waals surface area contributed by atoms with Crippen LogP contribution < -0.4 is 4.74 Å². The molecule has 0 bridgehead atoms. The Morgan fingerprint density at radius 1 is 1.30 bits per heavy atom. The SMILES string of the molecule is COCCC(=O)N1C[C@@H]2CN(Cc3ccc(OC)c(F)c3)[C@@H]2C1. The van der Waals surface area contributed by atoms with E-state index >= 15 is 0 Å². The van der Waals surface area contributed by atoms with E-state index in [2.05, 4.69) is 4.90 Å². The average Bonchev–Trinajstić information content (AvgIpc) is 2.88. The van der Waals surface area contributed by atoms with Gasteiger partial charge in [0, 0.05) is 45.2 Å². The number of fused-ring (bicyclic) bond motifs is 1. The van der Waals surface area contributed by atoms with Gasteiger partial charge in [-0.3, -0.25) is 9.69 Å². The molecule has 2 heterocycles. The van der Waals surface area contributed by atoms with E-state index in [9.17, 15) is 9.18 Å². The number of hydrogen-bond donors (Lipinski definition) is 0. The minimum Gasteiger partial charge on any atom is -0.494 e. The summed E-state index contributed by atoms with van der Waals surface area (Å²) >= 11 is 0. The van der Waals surface area contributed by atoms with Crippen molar-refractivity contribution in [2.24, 2.45) is 5.92 Å². The minimum absolute atomic E-state index is 0.164. The van der Waals surface area contributed by atoms with Gasteiger partial charge in [-0.2, -0.15) is 0 Å². The molecule has 0 aliphatic carbocycles. The first-order valence-electron chi connectivity index (χ1n) is 7.95. The van der Waals surface area contributed by atoms with Gasteiger partial charge in [-0.1, -0.05) is 6.07 Å². The predicted molar refractivity (Wildman–Crippen MR) is 83.7 cm³/mol. The molecule has 23 heavy (non-hydrogen) atoms. The Labute approximate surface area is 136 Å². The van der Waals surface area contributed by atoms with Crippen LogP contribution in [-0.2, 0) is 16.1 Å². The van der Waals surface area contributed by atoms with E-state index in [0.717, 1.165) is 25.2 Å². The van der Waals surface area contributed by atoms with Crippen molar-refractivity contribution in [3.8, 4) is 5.75 Å². The third-order valence-corrected chi connectivity index (χ3v) is 4.82. The number of rotatable bonds is 6. The van der Waals surface area contributed by atoms with Gasteiger partial charge in [0.2, 0.25) is 5.91 Å². The van der Waals surface area contributed by atoms with Crippen LogP contribution >= 0.6 is 0 Å². The minimum atomic E-state index is -0.329. The maximum absolute atomic E-state index is 13.8. The van der Waals surface area contributed by atoms with Crippen molar-refractivity contribution in [1.82, 2.24) is 9.80 Å². The van der Waals surface area contributed by atoms with Crippen LogP contribution in [0.15, 0.2) is 18.2 Å². The number of carbonyl (C=O) groups is 1. The zero-order valence-electron chi connectivity index (χ0n) is 13.6. The van der Waals surface area contributed by atoms with Crippen molar-refractivity contribution < 1.29 is 18.7 Å². The number of benzene rings is 1. The maximum atomic E-state index is 13.8. The molecule has 1 amide bonds. The van der Waals surface area contributed by atoms with E-state index in [1.807, 2.05) is 11.0 Å². The van der Waals surface area contributed by atoms with E-state index in [1.54, 1.807) is 13.2 Å². The van der Waals surface area contributed by atoms with Gasteiger partial charge in [0.15, 0.2) is 11.6 Å². The van der Waals surface area contributed by atoms with Crippen molar-refractivity contribution in [2.45, 2.75) is 19.0 Å². The maximum Gasteiger partial charge on any atom is 0.224 e. The van der Waals surface area contributed by atoms with Crippen LogP contribution in [0.1, 0.15) is 12.0 Å². The first kappa shape index (κ1) is 16.2. The summed E-state index contributed by atoms with van der Waals surface area (Å²) in [5, 5.41) is 0. The average molecular weight is 322 g/mol. The van der Waals surface area contributed by atoms with Crippen molar-refractivity contribution >= 4 is 5.91 Å². The van der Waals surface area contributed by atoms with Crippen LogP contribution in [-0.4, -0.2) is 62.2 Å². The van der Waals surface area contributed by atoms with Gasteiger partial charge in [-0.25, -0.2) is 4.39 Å². The summed E-state index contributed by atoms with van der Waals surface area (Å²) < 4.78 is 23.7. The topological polar surface area (TPSA) is 42.0 Å². The lowest BCUT2D eigenvalue weighted by molar-refractivity contribution is -0.131. The smallest absolute Gasteiger partial charge is 0.224 e.